The minimum absolute atomic E-state index is 0.247. The molecule has 1 heterocycles. The van der Waals surface area contributed by atoms with Gasteiger partial charge in [-0.2, -0.15) is 17.9 Å². The Morgan fingerprint density at radius 1 is 0.931 bits per heavy atom. The van der Waals surface area contributed by atoms with Crippen molar-refractivity contribution in [1.29, 1.82) is 0 Å². The number of halogens is 1. The van der Waals surface area contributed by atoms with Crippen molar-refractivity contribution < 1.29 is 8.42 Å². The van der Waals surface area contributed by atoms with E-state index in [1.807, 2.05) is 74.5 Å². The Hall–Kier alpha value is -2.44. The summed E-state index contributed by atoms with van der Waals surface area (Å²) in [6.45, 7) is 3.96. The second kappa shape index (κ2) is 7.76. The predicted octanol–water partition coefficient (Wildman–Crippen LogP) is 5.61. The van der Waals surface area contributed by atoms with Crippen molar-refractivity contribution in [3.8, 4) is 0 Å². The lowest BCUT2D eigenvalue weighted by atomic mass is 9.99. The van der Waals surface area contributed by atoms with Gasteiger partial charge in [-0.15, -0.1) is 0 Å². The first kappa shape index (κ1) is 19.9. The van der Waals surface area contributed by atoms with Crippen LogP contribution < -0.4 is 0 Å². The van der Waals surface area contributed by atoms with Gasteiger partial charge in [0.1, 0.15) is 0 Å². The molecule has 1 aliphatic rings. The summed E-state index contributed by atoms with van der Waals surface area (Å²) in [5.41, 5.74) is 4.78. The van der Waals surface area contributed by atoms with Crippen molar-refractivity contribution in [2.24, 2.45) is 5.10 Å². The minimum Gasteiger partial charge on any atom is -0.200 e. The smallest absolute Gasteiger partial charge is 0.200 e. The highest BCUT2D eigenvalue weighted by atomic mass is 79.9. The molecule has 4 rings (SSSR count). The molecule has 0 saturated heterocycles. The molecule has 3 aromatic carbocycles. The van der Waals surface area contributed by atoms with Crippen LogP contribution in [0.15, 0.2) is 87.3 Å². The van der Waals surface area contributed by atoms with Crippen LogP contribution in [0.4, 0.5) is 0 Å². The normalized spacial score (nSPS) is 16.7. The molecular weight excluding hydrogens is 448 g/mol. The molecule has 1 unspecified atom stereocenters. The molecule has 0 radical (unpaired) electrons. The molecule has 1 aliphatic heterocycles. The van der Waals surface area contributed by atoms with E-state index in [4.69, 9.17) is 0 Å². The summed E-state index contributed by atoms with van der Waals surface area (Å²) in [7, 11) is -3.78. The number of nitrogens with zero attached hydrogens (tertiary/aromatic N) is 2. The van der Waals surface area contributed by atoms with Gasteiger partial charge in [-0.1, -0.05) is 75.6 Å². The zero-order valence-corrected chi connectivity index (χ0v) is 18.6. The molecule has 29 heavy (non-hydrogen) atoms. The number of rotatable bonds is 4. The van der Waals surface area contributed by atoms with Gasteiger partial charge in [0.15, 0.2) is 0 Å². The largest absolute Gasteiger partial charge is 0.279 e. The molecule has 0 spiro atoms. The number of sulfonamides is 1. The summed E-state index contributed by atoms with van der Waals surface area (Å²) in [4.78, 5) is 0.247. The maximum Gasteiger partial charge on any atom is 0.279 e. The lowest BCUT2D eigenvalue weighted by Gasteiger charge is -2.23. The summed E-state index contributed by atoms with van der Waals surface area (Å²) >= 11 is 3.50. The molecular formula is C23H21BrN2O2S. The molecule has 0 aromatic heterocycles. The van der Waals surface area contributed by atoms with Crippen molar-refractivity contribution >= 4 is 31.7 Å². The van der Waals surface area contributed by atoms with Crippen molar-refractivity contribution in [2.45, 2.75) is 31.2 Å². The van der Waals surface area contributed by atoms with Crippen molar-refractivity contribution in [1.82, 2.24) is 4.41 Å². The second-order valence-corrected chi connectivity index (χ2v) is 9.99. The Kier molecular flexibility index (Phi) is 5.32. The fourth-order valence-electron chi connectivity index (χ4n) is 3.41. The van der Waals surface area contributed by atoms with Crippen LogP contribution >= 0.6 is 15.9 Å². The van der Waals surface area contributed by atoms with Gasteiger partial charge in [0.25, 0.3) is 10.0 Å². The second-order valence-electron chi connectivity index (χ2n) is 7.28. The molecule has 4 nitrogen and oxygen atoms in total. The van der Waals surface area contributed by atoms with Crippen LogP contribution in [0.2, 0.25) is 0 Å². The number of hydrogen-bond donors (Lipinski definition) is 0. The van der Waals surface area contributed by atoms with Gasteiger partial charge >= 0.3 is 0 Å². The molecule has 0 bridgehead atoms. The Balaban J connectivity index is 1.80. The minimum atomic E-state index is -3.78. The number of hydrogen-bond acceptors (Lipinski definition) is 3. The number of benzene rings is 3. The van der Waals surface area contributed by atoms with Gasteiger partial charge in [0, 0.05) is 10.9 Å². The van der Waals surface area contributed by atoms with E-state index in [2.05, 4.69) is 21.0 Å². The zero-order valence-electron chi connectivity index (χ0n) is 16.2. The average Bonchev–Trinajstić information content (AvgIpc) is 3.15. The summed E-state index contributed by atoms with van der Waals surface area (Å²) < 4.78 is 29.1. The van der Waals surface area contributed by atoms with Gasteiger partial charge in [-0.3, -0.25) is 0 Å². The first-order chi connectivity index (χ1) is 13.8. The van der Waals surface area contributed by atoms with Crippen LogP contribution in [0, 0.1) is 13.8 Å². The van der Waals surface area contributed by atoms with Crippen LogP contribution in [-0.2, 0) is 10.0 Å². The standard InChI is InChI=1S/C23H21BrN2O2S/c1-16-6-10-18(11-7-16)22-15-23(19-4-3-5-20(24)14-19)26(25-22)29(27,28)21-12-8-17(2)9-13-21/h3-14,23H,15H2,1-2H3. The van der Waals surface area contributed by atoms with E-state index < -0.39 is 16.1 Å². The lowest BCUT2D eigenvalue weighted by Crippen LogP contribution is -2.27. The quantitative estimate of drug-likeness (QED) is 0.499. The SMILES string of the molecule is Cc1ccc(C2=NN(S(=O)(=O)c3ccc(C)cc3)C(c3cccc(Br)c3)C2)cc1. The third-order valence-corrected chi connectivity index (χ3v) is 7.25. The van der Waals surface area contributed by atoms with Crippen LogP contribution in [-0.4, -0.2) is 18.5 Å². The summed E-state index contributed by atoms with van der Waals surface area (Å²) in [6.07, 6.45) is 0.518. The van der Waals surface area contributed by atoms with Crippen molar-refractivity contribution in [2.75, 3.05) is 0 Å². The summed E-state index contributed by atoms with van der Waals surface area (Å²) in [5.74, 6) is 0. The fourth-order valence-corrected chi connectivity index (χ4v) is 5.26. The third-order valence-electron chi connectivity index (χ3n) is 5.06. The Morgan fingerprint density at radius 3 is 2.17 bits per heavy atom. The molecule has 6 heteroatoms. The first-order valence-electron chi connectivity index (χ1n) is 9.36. The molecule has 0 aliphatic carbocycles. The molecule has 0 N–H and O–H groups in total. The van der Waals surface area contributed by atoms with E-state index in [0.29, 0.717) is 6.42 Å². The van der Waals surface area contributed by atoms with E-state index in [9.17, 15) is 8.42 Å². The molecule has 0 fully saturated rings. The first-order valence-corrected chi connectivity index (χ1v) is 11.6. The molecule has 0 amide bonds. The van der Waals surface area contributed by atoms with Crippen molar-refractivity contribution in [3.63, 3.8) is 0 Å². The summed E-state index contributed by atoms with van der Waals surface area (Å²) in [5, 5.41) is 4.59. The maximum atomic E-state index is 13.5. The highest BCUT2D eigenvalue weighted by Gasteiger charge is 2.37. The monoisotopic (exact) mass is 468 g/mol. The zero-order chi connectivity index (χ0) is 20.6. The molecule has 1 atom stereocenters. The van der Waals surface area contributed by atoms with Gasteiger partial charge in [0.05, 0.1) is 16.6 Å². The van der Waals surface area contributed by atoms with E-state index in [1.54, 1.807) is 12.1 Å². The average molecular weight is 469 g/mol. The fraction of sp³-hybridized carbons (Fsp3) is 0.174. The van der Waals surface area contributed by atoms with E-state index >= 15 is 0 Å². The van der Waals surface area contributed by atoms with Gasteiger partial charge in [-0.05, 0) is 49.2 Å². The van der Waals surface area contributed by atoms with Crippen LogP contribution in [0.1, 0.15) is 34.7 Å². The Bertz CT molecular complexity index is 1170. The van der Waals surface area contributed by atoms with Crippen LogP contribution in [0.3, 0.4) is 0 Å². The third kappa shape index (κ3) is 4.00. The predicted molar refractivity (Wildman–Crippen MR) is 119 cm³/mol. The summed E-state index contributed by atoms with van der Waals surface area (Å²) in [6, 6.07) is 22.3. The molecule has 3 aromatic rings. The number of hydrazone groups is 1. The van der Waals surface area contributed by atoms with Crippen LogP contribution in [0.25, 0.3) is 0 Å². The molecule has 0 saturated carbocycles. The highest BCUT2D eigenvalue weighted by molar-refractivity contribution is 9.10. The lowest BCUT2D eigenvalue weighted by molar-refractivity contribution is 0.371. The maximum absolute atomic E-state index is 13.5. The van der Waals surface area contributed by atoms with Gasteiger partial charge in [-0.25, -0.2) is 0 Å². The van der Waals surface area contributed by atoms with Gasteiger partial charge < -0.3 is 0 Å². The van der Waals surface area contributed by atoms with Gasteiger partial charge in [0.2, 0.25) is 0 Å². The Morgan fingerprint density at radius 2 is 1.55 bits per heavy atom. The highest BCUT2D eigenvalue weighted by Crippen LogP contribution is 2.37. The topological polar surface area (TPSA) is 49.7 Å². The van der Waals surface area contributed by atoms with Crippen molar-refractivity contribution in [3.05, 3.63) is 99.5 Å². The Labute approximate surface area is 180 Å². The van der Waals surface area contributed by atoms with Crippen LogP contribution in [0.5, 0.6) is 0 Å². The van der Waals surface area contributed by atoms with E-state index in [0.717, 1.165) is 32.4 Å². The van der Waals surface area contributed by atoms with E-state index in [-0.39, 0.29) is 4.90 Å². The number of aryl methyl sites for hydroxylation is 2. The van der Waals surface area contributed by atoms with E-state index in [1.165, 1.54) is 4.41 Å². The molecule has 148 valence electrons.